The van der Waals surface area contributed by atoms with E-state index in [9.17, 15) is 4.79 Å². The van der Waals surface area contributed by atoms with Crippen molar-refractivity contribution in [3.8, 4) is 0 Å². The first-order valence-electron chi connectivity index (χ1n) is 6.47. The lowest BCUT2D eigenvalue weighted by Gasteiger charge is -2.39. The van der Waals surface area contributed by atoms with E-state index < -0.39 is 8.32 Å². The third-order valence-electron chi connectivity index (χ3n) is 5.09. The molecule has 0 bridgehead atoms. The van der Waals surface area contributed by atoms with Crippen molar-refractivity contribution in [1.29, 1.82) is 0 Å². The molecule has 2 rings (SSSR count). The molecular weight excluding hydrogens is 228 g/mol. The van der Waals surface area contributed by atoms with E-state index in [1.165, 1.54) is 0 Å². The van der Waals surface area contributed by atoms with Crippen molar-refractivity contribution in [1.82, 2.24) is 0 Å². The first-order valence-corrected chi connectivity index (χ1v) is 9.38. The first kappa shape index (κ1) is 13.0. The van der Waals surface area contributed by atoms with E-state index >= 15 is 0 Å². The molecule has 3 heteroatoms. The van der Waals surface area contributed by atoms with E-state index in [-0.39, 0.29) is 16.6 Å². The van der Waals surface area contributed by atoms with Gasteiger partial charge in [-0.3, -0.25) is 0 Å². The molecule has 0 aromatic rings. The van der Waals surface area contributed by atoms with E-state index in [4.69, 9.17) is 4.43 Å². The van der Waals surface area contributed by atoms with Crippen molar-refractivity contribution in [3.63, 3.8) is 0 Å². The second-order valence-corrected chi connectivity index (χ2v) is 11.9. The molecule has 2 fully saturated rings. The molecule has 0 aromatic carbocycles. The van der Waals surface area contributed by atoms with Gasteiger partial charge in [0.1, 0.15) is 6.29 Å². The zero-order valence-electron chi connectivity index (χ0n) is 11.7. The van der Waals surface area contributed by atoms with Crippen molar-refractivity contribution in [2.45, 2.75) is 57.8 Å². The first-order chi connectivity index (χ1) is 7.64. The number of hydrogen-bond donors (Lipinski definition) is 0. The normalized spacial score (nSPS) is 36.9. The summed E-state index contributed by atoms with van der Waals surface area (Å²) in [6, 6.07) is 0. The Hall–Kier alpha value is -0.413. The van der Waals surface area contributed by atoms with Crippen LogP contribution in [0.25, 0.3) is 0 Å². The lowest BCUT2D eigenvalue weighted by molar-refractivity contribution is -0.111. The zero-order chi connectivity index (χ0) is 13.1. The third-order valence-corrected chi connectivity index (χ3v) is 9.58. The summed E-state index contributed by atoms with van der Waals surface area (Å²) in [6.07, 6.45) is 3.24. The van der Waals surface area contributed by atoms with Gasteiger partial charge in [0, 0.05) is 0 Å². The molecule has 3 atom stereocenters. The van der Waals surface area contributed by atoms with Crippen LogP contribution in [0, 0.1) is 11.3 Å². The number of fused-ring (bicyclic) bond motifs is 1. The maximum Gasteiger partial charge on any atom is 0.192 e. The Morgan fingerprint density at radius 2 is 2.06 bits per heavy atom. The fourth-order valence-electron chi connectivity index (χ4n) is 2.61. The van der Waals surface area contributed by atoms with Crippen molar-refractivity contribution >= 4 is 14.6 Å². The van der Waals surface area contributed by atoms with Gasteiger partial charge in [0.15, 0.2) is 8.32 Å². The second-order valence-electron chi connectivity index (χ2n) is 7.19. The van der Waals surface area contributed by atoms with Crippen LogP contribution in [0.2, 0.25) is 18.1 Å². The minimum Gasteiger partial charge on any atom is -0.410 e. The van der Waals surface area contributed by atoms with Crippen LogP contribution < -0.4 is 0 Å². The Balaban J connectivity index is 2.08. The van der Waals surface area contributed by atoms with Gasteiger partial charge in [0.25, 0.3) is 0 Å². The molecule has 0 aliphatic heterocycles. The van der Waals surface area contributed by atoms with Crippen LogP contribution in [0.1, 0.15) is 33.6 Å². The Bertz CT molecular complexity index is 367. The average Bonchev–Trinajstić information content (AvgIpc) is 2.82. The van der Waals surface area contributed by atoms with Gasteiger partial charge in [-0.25, -0.2) is 0 Å². The quantitative estimate of drug-likeness (QED) is 0.436. The lowest BCUT2D eigenvalue weighted by atomic mass is 10.00. The summed E-state index contributed by atoms with van der Waals surface area (Å²) in [7, 11) is -1.74. The Morgan fingerprint density at radius 3 is 2.47 bits per heavy atom. The molecule has 2 aliphatic rings. The van der Waals surface area contributed by atoms with Crippen molar-refractivity contribution in [3.05, 3.63) is 12.2 Å². The highest BCUT2D eigenvalue weighted by Crippen LogP contribution is 2.65. The van der Waals surface area contributed by atoms with E-state index in [1.54, 1.807) is 0 Å². The third kappa shape index (κ3) is 1.84. The molecular formula is C14H24O2Si. The van der Waals surface area contributed by atoms with Crippen molar-refractivity contribution < 1.29 is 9.22 Å². The van der Waals surface area contributed by atoms with Crippen LogP contribution in [0.5, 0.6) is 0 Å². The zero-order valence-corrected chi connectivity index (χ0v) is 12.7. The average molecular weight is 252 g/mol. The molecule has 96 valence electrons. The Labute approximate surface area is 106 Å². The van der Waals surface area contributed by atoms with Crippen LogP contribution in [0.3, 0.4) is 0 Å². The van der Waals surface area contributed by atoms with Crippen LogP contribution in [0.15, 0.2) is 12.2 Å². The molecule has 0 amide bonds. The number of aldehydes is 1. The highest BCUT2D eigenvalue weighted by atomic mass is 28.4. The summed E-state index contributed by atoms with van der Waals surface area (Å²) in [4.78, 5) is 11.2. The van der Waals surface area contributed by atoms with Crippen LogP contribution in [-0.4, -0.2) is 20.7 Å². The van der Waals surface area contributed by atoms with Crippen molar-refractivity contribution in [2.24, 2.45) is 11.3 Å². The maximum absolute atomic E-state index is 11.2. The monoisotopic (exact) mass is 252 g/mol. The van der Waals surface area contributed by atoms with Gasteiger partial charge in [-0.15, -0.1) is 0 Å². The summed E-state index contributed by atoms with van der Waals surface area (Å²) in [5.74, 6) is 0.516. The molecule has 0 saturated heterocycles. The summed E-state index contributed by atoms with van der Waals surface area (Å²) in [6.45, 7) is 15.4. The Morgan fingerprint density at radius 1 is 1.47 bits per heavy atom. The molecule has 2 aliphatic carbocycles. The summed E-state index contributed by atoms with van der Waals surface area (Å²) < 4.78 is 6.38. The number of rotatable bonds is 3. The van der Waals surface area contributed by atoms with E-state index in [1.807, 2.05) is 0 Å². The molecule has 17 heavy (non-hydrogen) atoms. The van der Waals surface area contributed by atoms with E-state index in [0.717, 1.165) is 24.7 Å². The smallest absolute Gasteiger partial charge is 0.192 e. The predicted molar refractivity (Wildman–Crippen MR) is 72.4 cm³/mol. The minimum atomic E-state index is -1.74. The van der Waals surface area contributed by atoms with Gasteiger partial charge in [-0.1, -0.05) is 27.4 Å². The van der Waals surface area contributed by atoms with E-state index in [0.29, 0.717) is 5.92 Å². The topological polar surface area (TPSA) is 26.3 Å². The molecule has 0 aromatic heterocycles. The fraction of sp³-hybridized carbons (Fsp3) is 0.786. The molecule has 0 N–H and O–H groups in total. The molecule has 0 unspecified atom stereocenters. The number of carbonyl (C=O) groups is 1. The summed E-state index contributed by atoms with van der Waals surface area (Å²) in [5.41, 5.74) is 0.842. The van der Waals surface area contributed by atoms with Gasteiger partial charge in [0.05, 0.1) is 11.5 Å². The van der Waals surface area contributed by atoms with Crippen LogP contribution in [0.4, 0.5) is 0 Å². The van der Waals surface area contributed by atoms with Crippen LogP contribution in [-0.2, 0) is 9.22 Å². The largest absolute Gasteiger partial charge is 0.410 e. The highest BCUT2D eigenvalue weighted by molar-refractivity contribution is 6.74. The summed E-state index contributed by atoms with van der Waals surface area (Å²) >= 11 is 0. The van der Waals surface area contributed by atoms with Gasteiger partial charge < -0.3 is 9.22 Å². The maximum atomic E-state index is 11.2. The highest BCUT2D eigenvalue weighted by Gasteiger charge is 2.64. The van der Waals surface area contributed by atoms with E-state index in [2.05, 4.69) is 40.4 Å². The van der Waals surface area contributed by atoms with Gasteiger partial charge in [0.2, 0.25) is 0 Å². The standard InChI is InChI=1S/C14H24O2Si/c1-10-12(7-11-8-14(10,11)9-15)16-17(5,6)13(2,3)4/h9,11-12H,1,7-8H2,2-6H3/t11-,12+,14+/m1/s1. The SMILES string of the molecule is C=C1[C@@H](O[Si](C)(C)C(C)(C)C)C[C@@H]2C[C@]12C=O. The predicted octanol–water partition coefficient (Wildman–Crippen LogP) is 3.54. The second kappa shape index (κ2) is 3.54. The molecule has 2 saturated carbocycles. The van der Waals surface area contributed by atoms with Gasteiger partial charge in [-0.05, 0) is 42.5 Å². The minimum absolute atomic E-state index is 0.125. The molecule has 2 nitrogen and oxygen atoms in total. The van der Waals surface area contributed by atoms with Gasteiger partial charge in [-0.2, -0.15) is 0 Å². The molecule has 0 heterocycles. The number of carbonyl (C=O) groups excluding carboxylic acids is 1. The molecule has 0 spiro atoms. The Kier molecular flexibility index (Phi) is 2.72. The van der Waals surface area contributed by atoms with Crippen LogP contribution >= 0.6 is 0 Å². The molecule has 0 radical (unpaired) electrons. The van der Waals surface area contributed by atoms with Gasteiger partial charge >= 0.3 is 0 Å². The lowest BCUT2D eigenvalue weighted by Crippen LogP contribution is -2.44. The number of hydrogen-bond acceptors (Lipinski definition) is 2. The fourth-order valence-corrected chi connectivity index (χ4v) is 3.91. The van der Waals surface area contributed by atoms with Crippen molar-refractivity contribution in [2.75, 3.05) is 0 Å². The summed E-state index contributed by atoms with van der Waals surface area (Å²) in [5, 5.41) is 0.217.